The first kappa shape index (κ1) is 21.7. The first-order valence-corrected chi connectivity index (χ1v) is 10.3. The van der Waals surface area contributed by atoms with Gasteiger partial charge in [-0.05, 0) is 38.5 Å². The molecule has 3 N–H and O–H groups in total. The Kier molecular flexibility index (Phi) is 5.55. The lowest BCUT2D eigenvalue weighted by Gasteiger charge is -2.40. The summed E-state index contributed by atoms with van der Waals surface area (Å²) in [4.78, 5) is 23.2. The molecule has 1 atom stereocenters. The number of aromatic nitrogens is 4. The van der Waals surface area contributed by atoms with Crippen LogP contribution in [0.1, 0.15) is 30.7 Å². The standard InChI is InChI=1S/C22H26FN7O2/c1-13-17-19(29(4)18(20(31)27-17)22(2,3)32)28-21(26-13)24-9-15-10-25-30(12-15)11-14-5-7-16(23)8-6-14/h5-8,10,12,18,32H,9,11H2,1-4H3,(H,27,31)(H,24,26,28)/t18-/m1/s1. The zero-order valence-corrected chi connectivity index (χ0v) is 18.4. The van der Waals surface area contributed by atoms with Gasteiger partial charge in [-0.3, -0.25) is 9.48 Å². The van der Waals surface area contributed by atoms with E-state index in [4.69, 9.17) is 0 Å². The van der Waals surface area contributed by atoms with Crippen molar-refractivity contribution < 1.29 is 14.3 Å². The van der Waals surface area contributed by atoms with Crippen LogP contribution in [0.15, 0.2) is 36.7 Å². The zero-order chi connectivity index (χ0) is 23.0. The second-order valence-corrected chi connectivity index (χ2v) is 8.51. The number of aliphatic hydroxyl groups is 1. The summed E-state index contributed by atoms with van der Waals surface area (Å²) in [6.45, 7) is 5.97. The molecule has 32 heavy (non-hydrogen) atoms. The topological polar surface area (TPSA) is 108 Å². The molecule has 0 fully saturated rings. The largest absolute Gasteiger partial charge is 0.388 e. The van der Waals surface area contributed by atoms with E-state index < -0.39 is 11.6 Å². The minimum Gasteiger partial charge on any atom is -0.388 e. The number of hydrogen-bond acceptors (Lipinski definition) is 7. The summed E-state index contributed by atoms with van der Waals surface area (Å²) in [5, 5.41) is 20.8. The third kappa shape index (κ3) is 4.40. The number of anilines is 3. The summed E-state index contributed by atoms with van der Waals surface area (Å²) in [5.74, 6) is 0.385. The molecule has 0 spiro atoms. The third-order valence-corrected chi connectivity index (χ3v) is 5.35. The number of carbonyl (C=O) groups is 1. The van der Waals surface area contributed by atoms with Crippen LogP contribution in [-0.2, 0) is 17.9 Å². The summed E-state index contributed by atoms with van der Waals surface area (Å²) in [6.07, 6.45) is 3.65. The highest BCUT2D eigenvalue weighted by molar-refractivity contribution is 6.04. The molecule has 168 valence electrons. The molecule has 3 aromatic rings. The third-order valence-electron chi connectivity index (χ3n) is 5.35. The molecule has 2 aromatic heterocycles. The van der Waals surface area contributed by atoms with E-state index in [0.717, 1.165) is 11.1 Å². The van der Waals surface area contributed by atoms with Crippen molar-refractivity contribution in [1.82, 2.24) is 19.7 Å². The van der Waals surface area contributed by atoms with E-state index in [1.807, 2.05) is 6.20 Å². The molecule has 4 rings (SSSR count). The predicted molar refractivity (Wildman–Crippen MR) is 119 cm³/mol. The van der Waals surface area contributed by atoms with E-state index >= 15 is 0 Å². The first-order valence-electron chi connectivity index (χ1n) is 10.3. The number of hydrogen-bond donors (Lipinski definition) is 3. The normalized spacial score (nSPS) is 16.0. The molecule has 0 unspecified atom stereocenters. The fraction of sp³-hybridized carbons (Fsp3) is 0.364. The fourth-order valence-electron chi connectivity index (χ4n) is 3.86. The van der Waals surface area contributed by atoms with Gasteiger partial charge in [0.15, 0.2) is 5.82 Å². The summed E-state index contributed by atoms with van der Waals surface area (Å²) >= 11 is 0. The van der Waals surface area contributed by atoms with Crippen molar-refractivity contribution in [1.29, 1.82) is 0 Å². The van der Waals surface area contributed by atoms with Crippen molar-refractivity contribution in [3.63, 3.8) is 0 Å². The molecule has 0 aliphatic carbocycles. The molecule has 0 radical (unpaired) electrons. The van der Waals surface area contributed by atoms with Gasteiger partial charge in [0, 0.05) is 25.4 Å². The van der Waals surface area contributed by atoms with E-state index in [9.17, 15) is 14.3 Å². The highest BCUT2D eigenvalue weighted by atomic mass is 19.1. The number of nitrogens with one attached hydrogen (secondary N) is 2. The maximum atomic E-state index is 13.1. The van der Waals surface area contributed by atoms with E-state index in [1.54, 1.807) is 55.7 Å². The van der Waals surface area contributed by atoms with E-state index in [-0.39, 0.29) is 11.7 Å². The minimum atomic E-state index is -1.25. The van der Waals surface area contributed by atoms with Crippen LogP contribution in [0.4, 0.5) is 21.8 Å². The van der Waals surface area contributed by atoms with Crippen molar-refractivity contribution in [2.45, 2.75) is 45.5 Å². The van der Waals surface area contributed by atoms with Crippen LogP contribution in [0.2, 0.25) is 0 Å². The Labute approximate surface area is 185 Å². The summed E-state index contributed by atoms with van der Waals surface area (Å²) in [7, 11) is 1.73. The van der Waals surface area contributed by atoms with Crippen LogP contribution in [0.25, 0.3) is 0 Å². The lowest BCUT2D eigenvalue weighted by molar-refractivity contribution is -0.122. The SMILES string of the molecule is Cc1nc(NCc2cnn(Cc3ccc(F)cc3)c2)nc2c1NC(=O)[C@H](C(C)(C)O)N2C. The van der Waals surface area contributed by atoms with Crippen molar-refractivity contribution in [2.75, 3.05) is 22.6 Å². The maximum Gasteiger partial charge on any atom is 0.250 e. The molecule has 0 saturated heterocycles. The summed E-state index contributed by atoms with van der Waals surface area (Å²) < 4.78 is 14.8. The Morgan fingerprint density at radius 1 is 1.22 bits per heavy atom. The van der Waals surface area contributed by atoms with Gasteiger partial charge < -0.3 is 20.6 Å². The summed E-state index contributed by atoms with van der Waals surface area (Å²) in [6, 6.07) is 5.55. The van der Waals surface area contributed by atoms with Gasteiger partial charge in [0.2, 0.25) is 11.9 Å². The van der Waals surface area contributed by atoms with Crippen LogP contribution >= 0.6 is 0 Å². The molecule has 9 nitrogen and oxygen atoms in total. The second-order valence-electron chi connectivity index (χ2n) is 8.51. The monoisotopic (exact) mass is 439 g/mol. The number of halogens is 1. The fourth-order valence-corrected chi connectivity index (χ4v) is 3.86. The molecular weight excluding hydrogens is 413 g/mol. The quantitative estimate of drug-likeness (QED) is 0.541. The molecule has 10 heteroatoms. The number of amides is 1. The molecule has 0 bridgehead atoms. The summed E-state index contributed by atoms with van der Waals surface area (Å²) in [5.41, 5.74) is 1.80. The zero-order valence-electron chi connectivity index (χ0n) is 18.4. The maximum absolute atomic E-state index is 13.1. The minimum absolute atomic E-state index is 0.265. The van der Waals surface area contributed by atoms with E-state index in [2.05, 4.69) is 25.7 Å². The Bertz CT molecular complexity index is 1140. The van der Waals surface area contributed by atoms with Crippen LogP contribution in [-0.4, -0.2) is 49.5 Å². The molecule has 0 saturated carbocycles. The molecule has 1 aliphatic heterocycles. The highest BCUT2D eigenvalue weighted by Crippen LogP contribution is 2.35. The van der Waals surface area contributed by atoms with Gasteiger partial charge in [-0.1, -0.05) is 12.1 Å². The number of carbonyl (C=O) groups excluding carboxylic acids is 1. The number of nitrogens with zero attached hydrogens (tertiary/aromatic N) is 5. The second kappa shape index (κ2) is 8.19. The molecular formula is C22H26FN7O2. The Morgan fingerprint density at radius 2 is 1.94 bits per heavy atom. The number of aryl methyl sites for hydroxylation is 1. The van der Waals surface area contributed by atoms with Crippen LogP contribution < -0.4 is 15.5 Å². The Hall–Kier alpha value is -3.53. The number of rotatable bonds is 6. The lowest BCUT2D eigenvalue weighted by Crippen LogP contribution is -2.57. The van der Waals surface area contributed by atoms with E-state index in [1.165, 1.54) is 12.1 Å². The molecule has 1 aliphatic rings. The number of likely N-dealkylation sites (N-methyl/N-ethyl adjacent to an activating group) is 1. The van der Waals surface area contributed by atoms with Gasteiger partial charge in [-0.15, -0.1) is 0 Å². The molecule has 1 aromatic carbocycles. The smallest absolute Gasteiger partial charge is 0.250 e. The van der Waals surface area contributed by atoms with Gasteiger partial charge in [0.05, 0.1) is 24.0 Å². The number of benzene rings is 1. The first-order chi connectivity index (χ1) is 15.1. The van der Waals surface area contributed by atoms with Crippen LogP contribution in [0.3, 0.4) is 0 Å². The van der Waals surface area contributed by atoms with Crippen LogP contribution in [0, 0.1) is 12.7 Å². The van der Waals surface area contributed by atoms with Crippen molar-refractivity contribution in [2.24, 2.45) is 0 Å². The Morgan fingerprint density at radius 3 is 2.62 bits per heavy atom. The highest BCUT2D eigenvalue weighted by Gasteiger charge is 2.42. The predicted octanol–water partition coefficient (Wildman–Crippen LogP) is 2.31. The lowest BCUT2D eigenvalue weighted by atomic mass is 9.95. The van der Waals surface area contributed by atoms with Crippen molar-refractivity contribution >= 4 is 23.4 Å². The molecule has 1 amide bonds. The van der Waals surface area contributed by atoms with Gasteiger partial charge in [-0.2, -0.15) is 10.1 Å². The Balaban J connectivity index is 1.48. The van der Waals surface area contributed by atoms with Crippen molar-refractivity contribution in [3.8, 4) is 0 Å². The van der Waals surface area contributed by atoms with Crippen LogP contribution in [0.5, 0.6) is 0 Å². The molecule has 3 heterocycles. The van der Waals surface area contributed by atoms with Crippen molar-refractivity contribution in [3.05, 3.63) is 59.3 Å². The van der Waals surface area contributed by atoms with Gasteiger partial charge >= 0.3 is 0 Å². The van der Waals surface area contributed by atoms with E-state index in [0.29, 0.717) is 36.2 Å². The average Bonchev–Trinajstić information content (AvgIpc) is 3.15. The number of fused-ring (bicyclic) bond motifs is 1. The van der Waals surface area contributed by atoms with Gasteiger partial charge in [-0.25, -0.2) is 9.37 Å². The van der Waals surface area contributed by atoms with Gasteiger partial charge in [0.1, 0.15) is 17.5 Å². The van der Waals surface area contributed by atoms with Gasteiger partial charge in [0.25, 0.3) is 0 Å². The average molecular weight is 439 g/mol.